The van der Waals surface area contributed by atoms with Crippen molar-refractivity contribution in [1.82, 2.24) is 20.9 Å². The van der Waals surface area contributed by atoms with Crippen molar-refractivity contribution in [2.24, 2.45) is 0 Å². The van der Waals surface area contributed by atoms with E-state index in [1.165, 1.54) is 19.2 Å². The Morgan fingerprint density at radius 1 is 1.25 bits per heavy atom. The first-order valence-electron chi connectivity index (χ1n) is 8.31. The van der Waals surface area contributed by atoms with Crippen LogP contribution in [0, 0.1) is 0 Å². The average Bonchev–Trinajstić information content (AvgIpc) is 2.98. The van der Waals surface area contributed by atoms with Crippen molar-refractivity contribution in [2.75, 3.05) is 33.4 Å². The van der Waals surface area contributed by atoms with Crippen LogP contribution >= 0.6 is 0 Å². The van der Waals surface area contributed by atoms with Crippen molar-refractivity contribution < 1.29 is 33.4 Å². The molecule has 3 N–H and O–H groups in total. The molecule has 1 aliphatic heterocycles. The van der Waals surface area contributed by atoms with Gasteiger partial charge in [0.15, 0.2) is 6.61 Å². The predicted octanol–water partition coefficient (Wildman–Crippen LogP) is -0.633. The summed E-state index contributed by atoms with van der Waals surface area (Å²) in [6, 6.07) is 4.90. The molecule has 1 saturated heterocycles. The van der Waals surface area contributed by atoms with Crippen LogP contribution in [0.3, 0.4) is 0 Å². The number of amides is 6. The Morgan fingerprint density at radius 3 is 2.71 bits per heavy atom. The highest BCUT2D eigenvalue weighted by Gasteiger charge is 2.28. The second-order valence-corrected chi connectivity index (χ2v) is 5.71. The molecule has 150 valence electrons. The highest BCUT2D eigenvalue weighted by molar-refractivity contribution is 6.02. The van der Waals surface area contributed by atoms with Gasteiger partial charge in [-0.3, -0.25) is 19.8 Å². The molecule has 0 unspecified atom stereocenters. The summed E-state index contributed by atoms with van der Waals surface area (Å²) in [6.45, 7) is -0.187. The number of esters is 1. The summed E-state index contributed by atoms with van der Waals surface area (Å²) < 4.78 is 9.62. The summed E-state index contributed by atoms with van der Waals surface area (Å²) in [4.78, 5) is 59.3. The fourth-order valence-corrected chi connectivity index (χ4v) is 2.28. The number of ether oxygens (including phenoxy) is 2. The van der Waals surface area contributed by atoms with E-state index < -0.39 is 30.5 Å². The van der Waals surface area contributed by atoms with Crippen LogP contribution in [0.2, 0.25) is 0 Å². The largest absolute Gasteiger partial charge is 0.452 e. The standard InChI is InChI=1S/C17H20N4O7/c1-27-6-5-18-16(25)20-13(22)10-28-15(24)12-4-2-3-11(7-12)9-21-14(23)8-19-17(21)26/h2-4,7H,5-6,8-10H2,1H3,(H,19,26)(H2,18,20,22,25). The topological polar surface area (TPSA) is 143 Å². The predicted molar refractivity (Wildman–Crippen MR) is 94.1 cm³/mol. The van der Waals surface area contributed by atoms with Crippen LogP contribution in [0.25, 0.3) is 0 Å². The normalized spacial score (nSPS) is 13.1. The van der Waals surface area contributed by atoms with Gasteiger partial charge in [0.1, 0.15) is 0 Å². The molecule has 1 aliphatic rings. The van der Waals surface area contributed by atoms with Crippen molar-refractivity contribution >= 4 is 29.8 Å². The van der Waals surface area contributed by atoms with E-state index in [1.807, 2.05) is 5.32 Å². The van der Waals surface area contributed by atoms with Gasteiger partial charge in [-0.05, 0) is 17.7 Å². The number of carbonyl (C=O) groups is 5. The summed E-state index contributed by atoms with van der Waals surface area (Å²) in [5.41, 5.74) is 0.684. The van der Waals surface area contributed by atoms with E-state index in [4.69, 9.17) is 9.47 Å². The molecule has 0 aliphatic carbocycles. The molecule has 0 saturated carbocycles. The number of methoxy groups -OCH3 is 1. The molecule has 1 fully saturated rings. The maximum absolute atomic E-state index is 12.1. The Hall–Kier alpha value is -3.47. The molecule has 1 heterocycles. The van der Waals surface area contributed by atoms with Gasteiger partial charge in [-0.15, -0.1) is 0 Å². The lowest BCUT2D eigenvalue weighted by atomic mass is 10.1. The summed E-state index contributed by atoms with van der Waals surface area (Å²) >= 11 is 0. The lowest BCUT2D eigenvalue weighted by Crippen LogP contribution is -2.42. The lowest BCUT2D eigenvalue weighted by molar-refractivity contribution is -0.125. The Morgan fingerprint density at radius 2 is 2.04 bits per heavy atom. The molecule has 28 heavy (non-hydrogen) atoms. The highest BCUT2D eigenvalue weighted by Crippen LogP contribution is 2.12. The van der Waals surface area contributed by atoms with Crippen LogP contribution in [0.1, 0.15) is 15.9 Å². The van der Waals surface area contributed by atoms with Crippen molar-refractivity contribution in [3.63, 3.8) is 0 Å². The number of hydrogen-bond acceptors (Lipinski definition) is 7. The maximum Gasteiger partial charge on any atom is 0.338 e. The van der Waals surface area contributed by atoms with Crippen molar-refractivity contribution in [2.45, 2.75) is 6.54 Å². The fourth-order valence-electron chi connectivity index (χ4n) is 2.28. The fraction of sp³-hybridized carbons (Fsp3) is 0.353. The number of nitrogens with zero attached hydrogens (tertiary/aromatic N) is 1. The third-order valence-corrected chi connectivity index (χ3v) is 3.62. The molecular formula is C17H20N4O7. The lowest BCUT2D eigenvalue weighted by Gasteiger charge is -2.13. The minimum absolute atomic E-state index is 0.00786. The Labute approximate surface area is 160 Å². The number of hydrogen-bond donors (Lipinski definition) is 3. The van der Waals surface area contributed by atoms with Gasteiger partial charge in [-0.2, -0.15) is 0 Å². The summed E-state index contributed by atoms with van der Waals surface area (Å²) in [6.07, 6.45) is 0. The zero-order valence-electron chi connectivity index (χ0n) is 15.1. The second kappa shape index (κ2) is 10.0. The molecule has 11 heteroatoms. The number of imide groups is 2. The smallest absolute Gasteiger partial charge is 0.338 e. The number of nitrogens with one attached hydrogen (secondary N) is 3. The van der Waals surface area contributed by atoms with Crippen molar-refractivity contribution in [1.29, 1.82) is 0 Å². The molecule has 1 aromatic carbocycles. The van der Waals surface area contributed by atoms with Crippen LogP contribution in [0.5, 0.6) is 0 Å². The van der Waals surface area contributed by atoms with Gasteiger partial charge < -0.3 is 20.1 Å². The molecule has 1 aromatic rings. The highest BCUT2D eigenvalue weighted by atomic mass is 16.5. The molecular weight excluding hydrogens is 372 g/mol. The first-order valence-corrected chi connectivity index (χ1v) is 8.31. The van der Waals surface area contributed by atoms with Crippen LogP contribution in [0.4, 0.5) is 9.59 Å². The molecule has 0 bridgehead atoms. The first-order chi connectivity index (χ1) is 13.4. The SMILES string of the molecule is COCCNC(=O)NC(=O)COC(=O)c1cccc(CN2C(=O)CNC2=O)c1. The number of benzene rings is 1. The maximum atomic E-state index is 12.1. The molecule has 11 nitrogen and oxygen atoms in total. The minimum atomic E-state index is -0.793. The Balaban J connectivity index is 1.84. The van der Waals surface area contributed by atoms with Gasteiger partial charge in [0.2, 0.25) is 5.91 Å². The van der Waals surface area contributed by atoms with Crippen LogP contribution in [-0.4, -0.2) is 68.2 Å². The van der Waals surface area contributed by atoms with Crippen molar-refractivity contribution in [3.8, 4) is 0 Å². The van der Waals surface area contributed by atoms with Crippen LogP contribution in [0.15, 0.2) is 24.3 Å². The van der Waals surface area contributed by atoms with Gasteiger partial charge >= 0.3 is 18.0 Å². The van der Waals surface area contributed by atoms with Crippen LogP contribution < -0.4 is 16.0 Å². The zero-order valence-corrected chi connectivity index (χ0v) is 15.1. The Kier molecular flexibility index (Phi) is 7.45. The summed E-state index contributed by atoms with van der Waals surface area (Å²) in [5, 5.41) is 6.79. The van der Waals surface area contributed by atoms with Gasteiger partial charge in [0, 0.05) is 13.7 Å². The van der Waals surface area contributed by atoms with Crippen molar-refractivity contribution in [3.05, 3.63) is 35.4 Å². The van der Waals surface area contributed by atoms with Crippen LogP contribution in [-0.2, 0) is 25.6 Å². The molecule has 0 spiro atoms. The molecule has 6 amide bonds. The molecule has 0 atom stereocenters. The van der Waals surface area contributed by atoms with Gasteiger partial charge in [0.25, 0.3) is 5.91 Å². The van der Waals surface area contributed by atoms with E-state index in [9.17, 15) is 24.0 Å². The number of carbonyl (C=O) groups excluding carboxylic acids is 5. The van der Waals surface area contributed by atoms with E-state index >= 15 is 0 Å². The molecule has 0 radical (unpaired) electrons. The molecule has 2 rings (SSSR count). The average molecular weight is 392 g/mol. The summed E-state index contributed by atoms with van der Waals surface area (Å²) in [7, 11) is 1.47. The van der Waals surface area contributed by atoms with E-state index in [0.29, 0.717) is 5.56 Å². The minimum Gasteiger partial charge on any atom is -0.452 e. The van der Waals surface area contributed by atoms with E-state index in [-0.39, 0.29) is 37.7 Å². The monoisotopic (exact) mass is 392 g/mol. The first kappa shape index (κ1) is 20.8. The summed E-state index contributed by atoms with van der Waals surface area (Å²) in [5.74, 6) is -1.94. The number of urea groups is 2. The van der Waals surface area contributed by atoms with E-state index in [0.717, 1.165) is 4.90 Å². The quantitative estimate of drug-likeness (QED) is 0.303. The van der Waals surface area contributed by atoms with Gasteiger partial charge in [-0.25, -0.2) is 14.4 Å². The third-order valence-electron chi connectivity index (χ3n) is 3.62. The second-order valence-electron chi connectivity index (χ2n) is 5.71. The van der Waals surface area contributed by atoms with Gasteiger partial charge in [-0.1, -0.05) is 12.1 Å². The molecule has 0 aromatic heterocycles. The zero-order chi connectivity index (χ0) is 20.5. The van der Waals surface area contributed by atoms with E-state index in [2.05, 4.69) is 10.6 Å². The third kappa shape index (κ3) is 6.06. The van der Waals surface area contributed by atoms with E-state index in [1.54, 1.807) is 12.1 Å². The number of rotatable bonds is 8. The Bertz CT molecular complexity index is 765. The van der Waals surface area contributed by atoms with Gasteiger partial charge in [0.05, 0.1) is 25.3 Å².